The molecule has 0 radical (unpaired) electrons. The number of pyridine rings is 2. The number of amidine groups is 1. The maximum atomic E-state index is 6.02. The van der Waals surface area contributed by atoms with Crippen molar-refractivity contribution in [2.45, 2.75) is 46.6 Å². The molecule has 3 heterocycles. The second-order valence-corrected chi connectivity index (χ2v) is 7.76. The van der Waals surface area contributed by atoms with Crippen molar-refractivity contribution < 1.29 is 4.74 Å². The highest BCUT2D eigenvalue weighted by Crippen LogP contribution is 2.34. The Kier molecular flexibility index (Phi) is 7.47. The number of fused-ring (bicyclic) bond motifs is 1. The number of hydrogen-bond donors (Lipinski definition) is 3. The molecule has 0 aliphatic rings. The molecule has 32 heavy (non-hydrogen) atoms. The van der Waals surface area contributed by atoms with Crippen LogP contribution in [0.25, 0.3) is 22.3 Å². The molecule has 0 aliphatic carbocycles. The van der Waals surface area contributed by atoms with E-state index in [-0.39, 0.29) is 6.04 Å². The van der Waals surface area contributed by atoms with Gasteiger partial charge in [0, 0.05) is 19.3 Å². The number of nitrogens with two attached hydrogens (primary N) is 2. The summed E-state index contributed by atoms with van der Waals surface area (Å²) in [6, 6.07) is 6.04. The highest BCUT2D eigenvalue weighted by atomic mass is 16.5. The highest BCUT2D eigenvalue weighted by Gasteiger charge is 2.20. The number of nitrogens with one attached hydrogen (secondary N) is 1. The molecule has 0 saturated heterocycles. The summed E-state index contributed by atoms with van der Waals surface area (Å²) in [6.07, 6.45) is 3.56. The van der Waals surface area contributed by atoms with E-state index in [0.29, 0.717) is 24.9 Å². The van der Waals surface area contributed by atoms with Gasteiger partial charge >= 0.3 is 0 Å². The van der Waals surface area contributed by atoms with Gasteiger partial charge in [-0.2, -0.15) is 5.10 Å². The molecule has 0 aliphatic heterocycles. The Balaban J connectivity index is 2.16. The van der Waals surface area contributed by atoms with Crippen molar-refractivity contribution in [3.05, 3.63) is 30.1 Å². The standard InChI is InChI=1S/C22H33N9O/c1-6-11-32-22-16(9-8-10-25-22)17-12-18(26-13-19(23)29-30(5)24)21-20(27-17)15(4)28-31(21)14(3)7-2/h8-10,12,14H,6-7,11,13,24H2,1-5H3,(H2,23,29)(H,26,27). The van der Waals surface area contributed by atoms with Gasteiger partial charge < -0.3 is 15.8 Å². The topological polar surface area (TPSA) is 132 Å². The predicted molar refractivity (Wildman–Crippen MR) is 128 cm³/mol. The van der Waals surface area contributed by atoms with Crippen LogP contribution in [0.15, 0.2) is 29.5 Å². The van der Waals surface area contributed by atoms with Gasteiger partial charge in [0.2, 0.25) is 5.88 Å². The molecule has 5 N–H and O–H groups in total. The molecule has 10 heteroatoms. The van der Waals surface area contributed by atoms with Crippen LogP contribution in [0.5, 0.6) is 5.88 Å². The van der Waals surface area contributed by atoms with Crippen LogP contribution in [0.3, 0.4) is 0 Å². The van der Waals surface area contributed by atoms with Crippen molar-refractivity contribution >= 4 is 22.6 Å². The molecule has 3 aromatic heterocycles. The van der Waals surface area contributed by atoms with Crippen LogP contribution in [0, 0.1) is 6.92 Å². The molecule has 1 atom stereocenters. The van der Waals surface area contributed by atoms with Crippen LogP contribution in [0.1, 0.15) is 45.3 Å². The van der Waals surface area contributed by atoms with E-state index in [4.69, 9.17) is 26.4 Å². The maximum absolute atomic E-state index is 6.02. The molecule has 1 unspecified atom stereocenters. The van der Waals surface area contributed by atoms with Gasteiger partial charge in [0.1, 0.15) is 16.9 Å². The monoisotopic (exact) mass is 439 g/mol. The second-order valence-electron chi connectivity index (χ2n) is 7.76. The number of hydrazine groups is 1. The molecule has 3 aromatic rings. The molecule has 0 bridgehead atoms. The Morgan fingerprint density at radius 2 is 2.16 bits per heavy atom. The minimum Gasteiger partial charge on any atom is -0.477 e. The molecule has 0 aromatic carbocycles. The highest BCUT2D eigenvalue weighted by molar-refractivity contribution is 5.95. The number of nitrogens with zero attached hydrogens (tertiary/aromatic N) is 6. The first-order valence-electron chi connectivity index (χ1n) is 10.9. The van der Waals surface area contributed by atoms with Gasteiger partial charge in [-0.05, 0) is 44.9 Å². The average molecular weight is 440 g/mol. The summed E-state index contributed by atoms with van der Waals surface area (Å²) in [6.45, 7) is 9.21. The van der Waals surface area contributed by atoms with E-state index in [0.717, 1.165) is 46.5 Å². The minimum absolute atomic E-state index is 0.211. The fourth-order valence-electron chi connectivity index (χ4n) is 3.37. The lowest BCUT2D eigenvalue weighted by molar-refractivity contribution is 0.306. The fraction of sp³-hybridized carbons (Fsp3) is 0.455. The van der Waals surface area contributed by atoms with Gasteiger partial charge in [-0.1, -0.05) is 13.8 Å². The van der Waals surface area contributed by atoms with Gasteiger partial charge in [0.25, 0.3) is 0 Å². The van der Waals surface area contributed by atoms with Crippen LogP contribution in [0.2, 0.25) is 0 Å². The first-order valence-corrected chi connectivity index (χ1v) is 10.9. The van der Waals surface area contributed by atoms with Gasteiger partial charge in [0.15, 0.2) is 0 Å². The maximum Gasteiger partial charge on any atom is 0.222 e. The summed E-state index contributed by atoms with van der Waals surface area (Å²) in [7, 11) is 1.62. The number of ether oxygens (including phenoxy) is 1. The van der Waals surface area contributed by atoms with E-state index in [1.807, 2.05) is 29.8 Å². The molecule has 0 saturated carbocycles. The fourth-order valence-corrected chi connectivity index (χ4v) is 3.37. The first kappa shape index (κ1) is 23.3. The summed E-state index contributed by atoms with van der Waals surface area (Å²) in [5.41, 5.74) is 11.1. The normalized spacial score (nSPS) is 12.8. The zero-order valence-electron chi connectivity index (χ0n) is 19.5. The van der Waals surface area contributed by atoms with Crippen LogP contribution in [-0.4, -0.2) is 50.9 Å². The van der Waals surface area contributed by atoms with Crippen molar-refractivity contribution in [1.29, 1.82) is 0 Å². The lowest BCUT2D eigenvalue weighted by atomic mass is 10.1. The molecule has 0 fully saturated rings. The van der Waals surface area contributed by atoms with E-state index >= 15 is 0 Å². The Morgan fingerprint density at radius 1 is 1.38 bits per heavy atom. The zero-order valence-corrected chi connectivity index (χ0v) is 19.5. The summed E-state index contributed by atoms with van der Waals surface area (Å²) >= 11 is 0. The Hall–Kier alpha value is -3.40. The third kappa shape index (κ3) is 5.08. The summed E-state index contributed by atoms with van der Waals surface area (Å²) in [5.74, 6) is 6.51. The van der Waals surface area contributed by atoms with Crippen LogP contribution in [-0.2, 0) is 0 Å². The Labute approximate surface area is 188 Å². The Bertz CT molecular complexity index is 1090. The van der Waals surface area contributed by atoms with Crippen LogP contribution >= 0.6 is 0 Å². The smallest absolute Gasteiger partial charge is 0.222 e. The molecular weight excluding hydrogens is 406 g/mol. The number of aryl methyl sites for hydroxylation is 1. The quantitative estimate of drug-likeness (QED) is 0.190. The van der Waals surface area contributed by atoms with Crippen molar-refractivity contribution in [3.8, 4) is 17.1 Å². The van der Waals surface area contributed by atoms with E-state index in [1.54, 1.807) is 13.2 Å². The second kappa shape index (κ2) is 10.3. The van der Waals surface area contributed by atoms with Gasteiger partial charge in [0.05, 0.1) is 35.8 Å². The van der Waals surface area contributed by atoms with Gasteiger partial charge in [-0.15, -0.1) is 5.10 Å². The van der Waals surface area contributed by atoms with Crippen molar-refractivity contribution in [2.24, 2.45) is 16.7 Å². The third-order valence-corrected chi connectivity index (χ3v) is 5.07. The van der Waals surface area contributed by atoms with Crippen molar-refractivity contribution in [1.82, 2.24) is 24.9 Å². The molecule has 172 valence electrons. The molecule has 0 amide bonds. The lowest BCUT2D eigenvalue weighted by Gasteiger charge is -2.16. The lowest BCUT2D eigenvalue weighted by Crippen LogP contribution is -2.29. The summed E-state index contributed by atoms with van der Waals surface area (Å²) in [5, 5.41) is 13.4. The molecule has 10 nitrogen and oxygen atoms in total. The third-order valence-electron chi connectivity index (χ3n) is 5.07. The SMILES string of the molecule is CCCOc1ncccc1-c1cc(NC/C(N)=N/N(C)N)c2c(n1)c(C)nn2C(C)CC. The first-order chi connectivity index (χ1) is 15.3. The molecule has 3 rings (SSSR count). The number of aromatic nitrogens is 4. The average Bonchev–Trinajstić information content (AvgIpc) is 3.11. The van der Waals surface area contributed by atoms with E-state index in [1.165, 1.54) is 5.12 Å². The van der Waals surface area contributed by atoms with E-state index in [9.17, 15) is 0 Å². The molecule has 0 spiro atoms. The van der Waals surface area contributed by atoms with E-state index in [2.05, 4.69) is 36.2 Å². The van der Waals surface area contributed by atoms with Crippen molar-refractivity contribution in [3.63, 3.8) is 0 Å². The summed E-state index contributed by atoms with van der Waals surface area (Å²) in [4.78, 5) is 9.37. The predicted octanol–water partition coefficient (Wildman–Crippen LogP) is 3.05. The number of hydrazone groups is 1. The van der Waals surface area contributed by atoms with Crippen LogP contribution in [0.4, 0.5) is 5.69 Å². The number of anilines is 1. The number of rotatable bonds is 10. The van der Waals surface area contributed by atoms with E-state index < -0.39 is 0 Å². The minimum atomic E-state index is 0.211. The van der Waals surface area contributed by atoms with Gasteiger partial charge in [-0.3, -0.25) is 4.68 Å². The summed E-state index contributed by atoms with van der Waals surface area (Å²) < 4.78 is 7.89. The van der Waals surface area contributed by atoms with Crippen LogP contribution < -0.4 is 21.6 Å². The largest absolute Gasteiger partial charge is 0.477 e. The number of hydrogen-bond acceptors (Lipinski definition) is 8. The Morgan fingerprint density at radius 3 is 2.84 bits per heavy atom. The zero-order chi connectivity index (χ0) is 23.3. The van der Waals surface area contributed by atoms with Crippen molar-refractivity contribution in [2.75, 3.05) is 25.5 Å². The molecular formula is C22H33N9O. The van der Waals surface area contributed by atoms with Gasteiger partial charge in [-0.25, -0.2) is 20.9 Å².